The Bertz CT molecular complexity index is 1140. The zero-order valence-electron chi connectivity index (χ0n) is 17.8. The molecule has 0 radical (unpaired) electrons. The molecule has 0 saturated carbocycles. The van der Waals surface area contributed by atoms with E-state index < -0.39 is 42.2 Å². The van der Waals surface area contributed by atoms with Crippen LogP contribution in [0.2, 0.25) is 0 Å². The van der Waals surface area contributed by atoms with Gasteiger partial charge in [-0.1, -0.05) is 36.4 Å². The Balaban J connectivity index is 2.10. The summed E-state index contributed by atoms with van der Waals surface area (Å²) >= 11 is 0. The first-order valence-electron chi connectivity index (χ1n) is 9.72. The van der Waals surface area contributed by atoms with E-state index in [-0.39, 0.29) is 5.56 Å². The van der Waals surface area contributed by atoms with E-state index in [0.29, 0.717) is 21.8 Å². The number of rotatable bonds is 7. The minimum absolute atomic E-state index is 0.279. The maximum absolute atomic E-state index is 13.5. The van der Waals surface area contributed by atoms with E-state index in [9.17, 15) is 19.2 Å². The zero-order valence-corrected chi connectivity index (χ0v) is 17.8. The number of fused-ring (bicyclic) bond motifs is 2. The highest BCUT2D eigenvalue weighted by Gasteiger charge is 2.39. The van der Waals surface area contributed by atoms with Crippen LogP contribution < -0.4 is 5.32 Å². The molecule has 1 amide bonds. The molecule has 9 nitrogen and oxygen atoms in total. The molecule has 1 heterocycles. The third kappa shape index (κ3) is 4.51. The van der Waals surface area contributed by atoms with Crippen LogP contribution >= 0.6 is 0 Å². The molecule has 2 aromatic carbocycles. The molecule has 32 heavy (non-hydrogen) atoms. The maximum atomic E-state index is 13.5. The van der Waals surface area contributed by atoms with Crippen LogP contribution in [0.25, 0.3) is 21.8 Å². The van der Waals surface area contributed by atoms with Crippen molar-refractivity contribution in [2.75, 3.05) is 21.3 Å². The summed E-state index contributed by atoms with van der Waals surface area (Å²) in [6, 6.07) is 12.7. The molecular formula is C23H22N2O7. The molecule has 166 valence electrons. The Morgan fingerprint density at radius 2 is 1.34 bits per heavy atom. The number of hydrogen-bond donors (Lipinski definition) is 1. The number of carbonyl (C=O) groups is 4. The molecule has 0 aliphatic heterocycles. The number of benzene rings is 2. The highest BCUT2D eigenvalue weighted by molar-refractivity contribution is 6.16. The number of pyridine rings is 1. The van der Waals surface area contributed by atoms with Crippen LogP contribution in [0.4, 0.5) is 0 Å². The molecule has 3 rings (SSSR count). The Labute approximate surface area is 183 Å². The van der Waals surface area contributed by atoms with E-state index in [1.54, 1.807) is 48.5 Å². The molecule has 0 spiro atoms. The second-order valence-corrected chi connectivity index (χ2v) is 6.91. The Morgan fingerprint density at radius 1 is 0.812 bits per heavy atom. The lowest BCUT2D eigenvalue weighted by Gasteiger charge is -2.24. The van der Waals surface area contributed by atoms with Gasteiger partial charge in [-0.15, -0.1) is 0 Å². The number of nitrogens with one attached hydrogen (secondary N) is 1. The topological polar surface area (TPSA) is 121 Å². The van der Waals surface area contributed by atoms with Crippen LogP contribution in [-0.2, 0) is 28.6 Å². The fourth-order valence-electron chi connectivity index (χ4n) is 3.50. The van der Waals surface area contributed by atoms with E-state index in [1.165, 1.54) is 0 Å². The minimum Gasteiger partial charge on any atom is -0.469 e. The summed E-state index contributed by atoms with van der Waals surface area (Å²) in [6.45, 7) is 0. The number of para-hydroxylation sites is 2. The van der Waals surface area contributed by atoms with Crippen LogP contribution in [0.1, 0.15) is 16.8 Å². The molecule has 2 atom stereocenters. The molecule has 3 aromatic rings. The van der Waals surface area contributed by atoms with Gasteiger partial charge in [-0.3, -0.25) is 14.4 Å². The van der Waals surface area contributed by atoms with Gasteiger partial charge in [-0.2, -0.15) is 0 Å². The summed E-state index contributed by atoms with van der Waals surface area (Å²) in [4.78, 5) is 54.8. The number of aromatic nitrogens is 1. The van der Waals surface area contributed by atoms with Gasteiger partial charge in [0.1, 0.15) is 6.04 Å². The van der Waals surface area contributed by atoms with E-state index in [0.717, 1.165) is 21.3 Å². The third-order valence-corrected chi connectivity index (χ3v) is 5.08. The number of methoxy groups -OCH3 is 3. The summed E-state index contributed by atoms with van der Waals surface area (Å²) in [7, 11) is 3.38. The largest absolute Gasteiger partial charge is 0.469 e. The van der Waals surface area contributed by atoms with Crippen molar-refractivity contribution in [1.29, 1.82) is 0 Å². The first-order chi connectivity index (χ1) is 15.4. The SMILES string of the molecule is COC(=O)C[C@@H](C(=O)OC)[C@@H](NC(=O)c1c2ccccc2nc2ccccc12)C(=O)OC. The lowest BCUT2D eigenvalue weighted by molar-refractivity contribution is -0.158. The molecule has 1 aromatic heterocycles. The summed E-state index contributed by atoms with van der Waals surface area (Å²) < 4.78 is 14.2. The molecular weight excluding hydrogens is 416 g/mol. The number of esters is 3. The molecule has 0 unspecified atom stereocenters. The van der Waals surface area contributed by atoms with Crippen molar-refractivity contribution in [3.63, 3.8) is 0 Å². The highest BCUT2D eigenvalue weighted by Crippen LogP contribution is 2.26. The fraction of sp³-hybridized carbons (Fsp3) is 0.261. The Morgan fingerprint density at radius 3 is 1.84 bits per heavy atom. The monoisotopic (exact) mass is 438 g/mol. The van der Waals surface area contributed by atoms with E-state index >= 15 is 0 Å². The second kappa shape index (κ2) is 9.86. The number of ether oxygens (including phenoxy) is 3. The highest BCUT2D eigenvalue weighted by atomic mass is 16.5. The van der Waals surface area contributed by atoms with Crippen molar-refractivity contribution < 1.29 is 33.4 Å². The van der Waals surface area contributed by atoms with Gasteiger partial charge in [0.15, 0.2) is 0 Å². The van der Waals surface area contributed by atoms with Crippen molar-refractivity contribution in [3.8, 4) is 0 Å². The maximum Gasteiger partial charge on any atom is 0.329 e. The average molecular weight is 438 g/mol. The van der Waals surface area contributed by atoms with E-state index in [1.807, 2.05) is 0 Å². The molecule has 0 bridgehead atoms. The minimum atomic E-state index is -1.48. The van der Waals surface area contributed by atoms with Gasteiger partial charge in [0, 0.05) is 10.8 Å². The molecule has 9 heteroatoms. The van der Waals surface area contributed by atoms with E-state index in [4.69, 9.17) is 9.47 Å². The smallest absolute Gasteiger partial charge is 0.329 e. The number of carbonyl (C=O) groups excluding carboxylic acids is 4. The number of nitrogens with zero attached hydrogens (tertiary/aromatic N) is 1. The molecule has 0 fully saturated rings. The molecule has 1 N–H and O–H groups in total. The first-order valence-corrected chi connectivity index (χ1v) is 9.72. The summed E-state index contributed by atoms with van der Waals surface area (Å²) in [5.74, 6) is -4.49. The van der Waals surface area contributed by atoms with E-state index in [2.05, 4.69) is 15.0 Å². The van der Waals surface area contributed by atoms with Crippen molar-refractivity contribution in [3.05, 3.63) is 54.1 Å². The van der Waals surface area contributed by atoms with Gasteiger partial charge in [-0.25, -0.2) is 9.78 Å². The predicted octanol–water partition coefficient (Wildman–Crippen LogP) is 2.01. The van der Waals surface area contributed by atoms with Crippen LogP contribution in [0.3, 0.4) is 0 Å². The summed E-state index contributed by atoms with van der Waals surface area (Å²) in [5, 5.41) is 3.69. The average Bonchev–Trinajstić information content (AvgIpc) is 2.83. The normalized spacial score (nSPS) is 12.6. The summed E-state index contributed by atoms with van der Waals surface area (Å²) in [6.07, 6.45) is -0.485. The second-order valence-electron chi connectivity index (χ2n) is 6.91. The van der Waals surface area contributed by atoms with Crippen LogP contribution in [0.5, 0.6) is 0 Å². The van der Waals surface area contributed by atoms with Gasteiger partial charge < -0.3 is 19.5 Å². The van der Waals surface area contributed by atoms with Gasteiger partial charge >= 0.3 is 17.9 Å². The Hall–Kier alpha value is -4.01. The van der Waals surface area contributed by atoms with Crippen molar-refractivity contribution in [2.24, 2.45) is 5.92 Å². The van der Waals surface area contributed by atoms with Gasteiger partial charge in [0.25, 0.3) is 5.91 Å². The van der Waals surface area contributed by atoms with Gasteiger partial charge in [-0.05, 0) is 12.1 Å². The van der Waals surface area contributed by atoms with Crippen LogP contribution in [-0.4, -0.2) is 56.2 Å². The van der Waals surface area contributed by atoms with Crippen molar-refractivity contribution in [2.45, 2.75) is 12.5 Å². The van der Waals surface area contributed by atoms with Gasteiger partial charge in [0.2, 0.25) is 0 Å². The predicted molar refractivity (Wildman–Crippen MR) is 115 cm³/mol. The lowest BCUT2D eigenvalue weighted by atomic mass is 9.94. The van der Waals surface area contributed by atoms with Crippen LogP contribution in [0.15, 0.2) is 48.5 Å². The first kappa shape index (κ1) is 22.7. The summed E-state index contributed by atoms with van der Waals surface area (Å²) in [5.41, 5.74) is 1.46. The zero-order chi connectivity index (χ0) is 23.3. The Kier molecular flexibility index (Phi) is 6.99. The quantitative estimate of drug-likeness (QED) is 0.338. The van der Waals surface area contributed by atoms with Crippen molar-refractivity contribution in [1.82, 2.24) is 10.3 Å². The van der Waals surface area contributed by atoms with Crippen LogP contribution in [0, 0.1) is 5.92 Å². The van der Waals surface area contributed by atoms with Crippen molar-refractivity contribution >= 4 is 45.6 Å². The third-order valence-electron chi connectivity index (χ3n) is 5.08. The number of hydrogen-bond acceptors (Lipinski definition) is 8. The molecule has 0 aliphatic carbocycles. The molecule has 0 saturated heterocycles. The fourth-order valence-corrected chi connectivity index (χ4v) is 3.50. The number of amides is 1. The lowest BCUT2D eigenvalue weighted by Crippen LogP contribution is -2.50. The standard InChI is InChI=1S/C23H22N2O7/c1-30-18(26)12-15(22(28)31-2)20(23(29)32-3)25-21(27)19-13-8-4-6-10-16(13)24-17-11-7-5-9-14(17)19/h4-11,15,20H,12H2,1-3H3,(H,25,27)/t15-,20-/m1/s1. The molecule has 0 aliphatic rings. The van der Waals surface area contributed by atoms with Gasteiger partial charge in [0.05, 0.1) is 50.3 Å².